The highest BCUT2D eigenvalue weighted by Gasteiger charge is 2.53. The van der Waals surface area contributed by atoms with Gasteiger partial charge in [-0.25, -0.2) is 0 Å². The molecule has 7 nitrogen and oxygen atoms in total. The lowest BCUT2D eigenvalue weighted by Gasteiger charge is -2.37. The highest BCUT2D eigenvalue weighted by atomic mass is 16.5. The summed E-state index contributed by atoms with van der Waals surface area (Å²) in [6, 6.07) is 5.01. The van der Waals surface area contributed by atoms with Gasteiger partial charge in [0.2, 0.25) is 0 Å². The largest absolute Gasteiger partial charge is 0.492 e. The second kappa shape index (κ2) is 5.68. The van der Waals surface area contributed by atoms with Crippen molar-refractivity contribution in [1.29, 1.82) is 0 Å². The maximum atomic E-state index is 12.9. The summed E-state index contributed by atoms with van der Waals surface area (Å²) in [5.41, 5.74) is 6.99. The van der Waals surface area contributed by atoms with Crippen LogP contribution in [0.1, 0.15) is 36.7 Å². The van der Waals surface area contributed by atoms with Gasteiger partial charge in [-0.05, 0) is 24.6 Å². The van der Waals surface area contributed by atoms with Crippen LogP contribution in [-0.4, -0.2) is 34.9 Å². The van der Waals surface area contributed by atoms with Crippen molar-refractivity contribution in [2.24, 2.45) is 10.5 Å². The fraction of sp³-hybridized carbons (Fsp3) is 0.500. The topological polar surface area (TPSA) is 112 Å². The molecule has 2 rings (SSSR count). The summed E-state index contributed by atoms with van der Waals surface area (Å²) in [5.74, 6) is -0.844. The molecule has 1 aromatic carbocycles. The van der Waals surface area contributed by atoms with E-state index in [-0.39, 0.29) is 12.2 Å². The zero-order valence-corrected chi connectivity index (χ0v) is 13.5. The lowest BCUT2D eigenvalue weighted by atomic mass is 9.75. The second-order valence-electron chi connectivity index (χ2n) is 6.75. The number of ketones is 2. The first-order chi connectivity index (χ1) is 10.6. The first-order valence-electron chi connectivity index (χ1n) is 7.20. The van der Waals surface area contributed by atoms with Crippen molar-refractivity contribution in [2.75, 3.05) is 6.61 Å². The fourth-order valence-electron chi connectivity index (χ4n) is 2.47. The standard InChI is InChI=1S/C16H19N3O4/c1-9-5-6-11-10(7-9)12(20)16(8-23-11,18-19-17)14(22)13(21)15(2,3)4/h5-7,14,22H,8H2,1-4H3/t14-,16-/m0/s1. The summed E-state index contributed by atoms with van der Waals surface area (Å²) >= 11 is 0. The highest BCUT2D eigenvalue weighted by molar-refractivity contribution is 6.10. The Morgan fingerprint density at radius 1 is 1.48 bits per heavy atom. The zero-order valence-electron chi connectivity index (χ0n) is 13.5. The van der Waals surface area contributed by atoms with Gasteiger partial charge in [-0.15, -0.1) is 0 Å². The summed E-state index contributed by atoms with van der Waals surface area (Å²) in [5, 5.41) is 14.0. The van der Waals surface area contributed by atoms with Crippen LogP contribution in [0.15, 0.2) is 23.3 Å². The minimum absolute atomic E-state index is 0.199. The minimum atomic E-state index is -1.99. The molecule has 0 radical (unpaired) electrons. The first kappa shape index (κ1) is 17.0. The molecule has 1 aliphatic rings. The van der Waals surface area contributed by atoms with Gasteiger partial charge in [0.05, 0.1) is 5.56 Å². The molecule has 0 bridgehead atoms. The number of carbonyl (C=O) groups excluding carboxylic acids is 2. The predicted molar refractivity (Wildman–Crippen MR) is 83.4 cm³/mol. The van der Waals surface area contributed by atoms with E-state index in [1.54, 1.807) is 45.9 Å². The number of hydrogen-bond acceptors (Lipinski definition) is 5. The van der Waals surface area contributed by atoms with Crippen LogP contribution in [0.4, 0.5) is 0 Å². The van der Waals surface area contributed by atoms with Crippen LogP contribution in [0, 0.1) is 12.3 Å². The Morgan fingerprint density at radius 3 is 2.70 bits per heavy atom. The average Bonchev–Trinajstić information content (AvgIpc) is 2.48. The van der Waals surface area contributed by atoms with Gasteiger partial charge in [-0.2, -0.15) is 0 Å². The summed E-state index contributed by atoms with van der Waals surface area (Å²) in [7, 11) is 0. The van der Waals surface area contributed by atoms with E-state index >= 15 is 0 Å². The number of aliphatic hydroxyl groups is 1. The molecule has 1 aromatic rings. The number of rotatable bonds is 3. The summed E-state index contributed by atoms with van der Waals surface area (Å²) in [4.78, 5) is 28.0. The number of fused-ring (bicyclic) bond motifs is 1. The molecule has 0 saturated heterocycles. The number of Topliss-reactive ketones (excluding diaryl/α,β-unsaturated/α-hetero) is 2. The number of aliphatic hydroxyl groups excluding tert-OH is 1. The van der Waals surface area contributed by atoms with Crippen molar-refractivity contribution in [1.82, 2.24) is 0 Å². The summed E-state index contributed by atoms with van der Waals surface area (Å²) < 4.78 is 5.50. The molecule has 0 saturated carbocycles. The van der Waals surface area contributed by atoms with Gasteiger partial charge in [0.1, 0.15) is 18.5 Å². The second-order valence-corrected chi connectivity index (χ2v) is 6.75. The molecule has 1 aliphatic heterocycles. The van der Waals surface area contributed by atoms with Gasteiger partial charge >= 0.3 is 0 Å². The van der Waals surface area contributed by atoms with Crippen LogP contribution in [-0.2, 0) is 4.79 Å². The fourth-order valence-corrected chi connectivity index (χ4v) is 2.47. The van der Waals surface area contributed by atoms with Crippen LogP contribution in [0.25, 0.3) is 10.4 Å². The molecule has 0 unspecified atom stereocenters. The number of hydrogen-bond donors (Lipinski definition) is 1. The van der Waals surface area contributed by atoms with Crippen molar-refractivity contribution in [2.45, 2.75) is 39.3 Å². The molecule has 23 heavy (non-hydrogen) atoms. The lowest BCUT2D eigenvalue weighted by Crippen LogP contribution is -2.59. The number of carbonyl (C=O) groups is 2. The molecular formula is C16H19N3O4. The number of nitrogens with zero attached hydrogens (tertiary/aromatic N) is 3. The van der Waals surface area contributed by atoms with Crippen molar-refractivity contribution in [3.8, 4) is 5.75 Å². The van der Waals surface area contributed by atoms with Crippen molar-refractivity contribution >= 4 is 11.6 Å². The van der Waals surface area contributed by atoms with E-state index in [0.717, 1.165) is 5.56 Å². The molecule has 0 spiro atoms. The van der Waals surface area contributed by atoms with E-state index in [4.69, 9.17) is 10.3 Å². The third-order valence-corrected chi connectivity index (χ3v) is 3.88. The van der Waals surface area contributed by atoms with Crippen LogP contribution < -0.4 is 4.74 Å². The number of azide groups is 1. The van der Waals surface area contributed by atoms with E-state index in [9.17, 15) is 14.7 Å². The maximum absolute atomic E-state index is 12.9. The third kappa shape index (κ3) is 2.81. The Kier molecular flexibility index (Phi) is 4.20. The zero-order chi connectivity index (χ0) is 17.4. The molecule has 0 aliphatic carbocycles. The van der Waals surface area contributed by atoms with Crippen LogP contribution >= 0.6 is 0 Å². The number of benzene rings is 1. The Labute approximate surface area is 133 Å². The minimum Gasteiger partial charge on any atom is -0.492 e. The predicted octanol–water partition coefficient (Wildman–Crippen LogP) is 2.60. The molecule has 0 aromatic heterocycles. The number of ether oxygens (including phenoxy) is 1. The molecule has 1 heterocycles. The quantitative estimate of drug-likeness (QED) is 0.524. The van der Waals surface area contributed by atoms with Crippen LogP contribution in [0.5, 0.6) is 5.75 Å². The van der Waals surface area contributed by atoms with Crippen molar-refractivity contribution in [3.63, 3.8) is 0 Å². The Morgan fingerprint density at radius 2 is 2.13 bits per heavy atom. The van der Waals surface area contributed by atoms with Gasteiger partial charge in [-0.3, -0.25) is 9.59 Å². The monoisotopic (exact) mass is 317 g/mol. The Hall–Kier alpha value is -2.37. The van der Waals surface area contributed by atoms with Gasteiger partial charge in [0, 0.05) is 10.3 Å². The molecule has 2 atom stereocenters. The van der Waals surface area contributed by atoms with Gasteiger partial charge in [0.15, 0.2) is 17.1 Å². The molecule has 0 fully saturated rings. The SMILES string of the molecule is Cc1ccc2c(c1)C(=O)[C@](N=[N+]=[N-])([C@@H](O)C(=O)C(C)(C)C)CO2. The molecule has 122 valence electrons. The van der Waals surface area contributed by atoms with Crippen molar-refractivity contribution in [3.05, 3.63) is 39.8 Å². The highest BCUT2D eigenvalue weighted by Crippen LogP contribution is 2.36. The van der Waals surface area contributed by atoms with E-state index in [1.165, 1.54) is 0 Å². The molecule has 7 heteroatoms. The summed E-state index contributed by atoms with van der Waals surface area (Å²) in [6.45, 7) is 6.28. The number of aryl methyl sites for hydroxylation is 1. The van der Waals surface area contributed by atoms with Crippen LogP contribution in [0.2, 0.25) is 0 Å². The Bertz CT molecular complexity index is 717. The van der Waals surface area contributed by atoms with E-state index < -0.39 is 28.6 Å². The maximum Gasteiger partial charge on any atom is 0.185 e. The molecular weight excluding hydrogens is 298 g/mol. The lowest BCUT2D eigenvalue weighted by molar-refractivity contribution is -0.138. The van der Waals surface area contributed by atoms with Crippen molar-refractivity contribution < 1.29 is 19.4 Å². The average molecular weight is 317 g/mol. The third-order valence-electron chi connectivity index (χ3n) is 3.88. The normalized spacial score (nSPS) is 21.7. The Balaban J connectivity index is 2.57. The van der Waals surface area contributed by atoms with E-state index in [1.807, 2.05) is 0 Å². The van der Waals surface area contributed by atoms with Crippen LogP contribution in [0.3, 0.4) is 0 Å². The molecule has 0 amide bonds. The summed E-state index contributed by atoms with van der Waals surface area (Å²) in [6.07, 6.45) is -1.78. The van der Waals surface area contributed by atoms with Gasteiger partial charge < -0.3 is 9.84 Å². The van der Waals surface area contributed by atoms with Gasteiger partial charge in [0.25, 0.3) is 0 Å². The van der Waals surface area contributed by atoms with E-state index in [2.05, 4.69) is 10.0 Å². The first-order valence-corrected chi connectivity index (χ1v) is 7.20. The molecule has 1 N–H and O–H groups in total. The van der Waals surface area contributed by atoms with E-state index in [0.29, 0.717) is 5.75 Å². The van der Waals surface area contributed by atoms with Gasteiger partial charge in [-0.1, -0.05) is 37.5 Å². The smallest absolute Gasteiger partial charge is 0.185 e.